The van der Waals surface area contributed by atoms with Crippen LogP contribution in [-0.4, -0.2) is 40.4 Å². The molecule has 0 bridgehead atoms. The molecule has 1 aromatic carbocycles. The first-order valence-corrected chi connectivity index (χ1v) is 7.41. The van der Waals surface area contributed by atoms with E-state index in [9.17, 15) is 0 Å². The summed E-state index contributed by atoms with van der Waals surface area (Å²) in [5.41, 5.74) is 5.53. The molecule has 1 heterocycles. The van der Waals surface area contributed by atoms with Crippen molar-refractivity contribution in [2.75, 3.05) is 45.3 Å². The topological polar surface area (TPSA) is 24.5 Å². The third-order valence-electron chi connectivity index (χ3n) is 3.75. The Kier molecular flexibility index (Phi) is 5.62. The molecule has 1 aliphatic rings. The fourth-order valence-corrected chi connectivity index (χ4v) is 2.69. The Morgan fingerprint density at radius 2 is 2.30 bits per heavy atom. The summed E-state index contributed by atoms with van der Waals surface area (Å²) in [6.45, 7) is 5.92. The predicted molar refractivity (Wildman–Crippen MR) is 86.4 cm³/mol. The first-order valence-electron chi connectivity index (χ1n) is 7.41. The summed E-state index contributed by atoms with van der Waals surface area (Å²) in [7, 11) is 3.91. The highest BCUT2D eigenvalue weighted by Crippen LogP contribution is 2.27. The van der Waals surface area contributed by atoms with E-state index in [2.05, 4.69) is 48.5 Å². The number of hydrogen-bond donors (Lipinski definition) is 1. The number of hydrogen-bond acceptors (Lipinski definition) is 3. The summed E-state index contributed by atoms with van der Waals surface area (Å²) in [4.78, 5) is 2.35. The van der Waals surface area contributed by atoms with Gasteiger partial charge in [-0.3, -0.25) is 0 Å². The molecule has 1 aliphatic heterocycles. The molecule has 1 aromatic rings. The van der Waals surface area contributed by atoms with Crippen molar-refractivity contribution < 1.29 is 4.74 Å². The van der Waals surface area contributed by atoms with E-state index in [-0.39, 0.29) is 0 Å². The van der Waals surface area contributed by atoms with E-state index in [1.54, 1.807) is 7.11 Å². The minimum atomic E-state index is 0.762. The van der Waals surface area contributed by atoms with Crippen molar-refractivity contribution in [2.45, 2.75) is 19.8 Å². The summed E-state index contributed by atoms with van der Waals surface area (Å²) in [6, 6.07) is 6.81. The standard InChI is InChI=1S/C17H26N2O/c1-14(13-18-8-10-20-3)11-15-6-7-17-16(12-15)5-4-9-19(17)2/h6-7,11-12,18H,4-5,8-10,13H2,1-3H3. The van der Waals surface area contributed by atoms with E-state index < -0.39 is 0 Å². The average Bonchev–Trinajstić information content (AvgIpc) is 2.44. The average molecular weight is 274 g/mol. The van der Waals surface area contributed by atoms with Crippen LogP contribution in [0, 0.1) is 0 Å². The quantitative estimate of drug-likeness (QED) is 0.807. The third kappa shape index (κ3) is 4.09. The van der Waals surface area contributed by atoms with E-state index in [0.717, 1.165) is 19.7 Å². The van der Waals surface area contributed by atoms with Gasteiger partial charge in [-0.25, -0.2) is 0 Å². The lowest BCUT2D eigenvalue weighted by Crippen LogP contribution is -2.24. The van der Waals surface area contributed by atoms with Gasteiger partial charge in [0.05, 0.1) is 6.61 Å². The molecule has 1 N–H and O–H groups in total. The molecule has 0 amide bonds. The Hall–Kier alpha value is -1.32. The van der Waals surface area contributed by atoms with Gasteiger partial charge < -0.3 is 15.0 Å². The van der Waals surface area contributed by atoms with Gasteiger partial charge in [-0.05, 0) is 43.0 Å². The van der Waals surface area contributed by atoms with Gasteiger partial charge >= 0.3 is 0 Å². The van der Waals surface area contributed by atoms with Crippen LogP contribution in [-0.2, 0) is 11.2 Å². The van der Waals surface area contributed by atoms with Crippen LogP contribution in [0.5, 0.6) is 0 Å². The number of methoxy groups -OCH3 is 1. The number of ether oxygens (including phenoxy) is 1. The fraction of sp³-hybridized carbons (Fsp3) is 0.529. The normalized spacial score (nSPS) is 15.3. The molecule has 0 spiro atoms. The van der Waals surface area contributed by atoms with E-state index >= 15 is 0 Å². The van der Waals surface area contributed by atoms with Gasteiger partial charge in [-0.2, -0.15) is 0 Å². The van der Waals surface area contributed by atoms with Crippen molar-refractivity contribution in [3.05, 3.63) is 34.9 Å². The number of anilines is 1. The van der Waals surface area contributed by atoms with Crippen LogP contribution in [0.25, 0.3) is 6.08 Å². The summed E-state index contributed by atoms with van der Waals surface area (Å²) in [5.74, 6) is 0. The molecule has 0 saturated heterocycles. The van der Waals surface area contributed by atoms with Crippen molar-refractivity contribution in [2.24, 2.45) is 0 Å². The van der Waals surface area contributed by atoms with Crippen LogP contribution >= 0.6 is 0 Å². The summed E-state index contributed by atoms with van der Waals surface area (Å²) in [5, 5.41) is 3.37. The SMILES string of the molecule is COCCNCC(C)=Cc1ccc2c(c1)CCCN2C. The lowest BCUT2D eigenvalue weighted by Gasteiger charge is -2.27. The first kappa shape index (κ1) is 15.1. The van der Waals surface area contributed by atoms with Crippen LogP contribution in [0.1, 0.15) is 24.5 Å². The molecule has 0 aliphatic carbocycles. The Bertz CT molecular complexity index is 468. The summed E-state index contributed by atoms with van der Waals surface area (Å²) < 4.78 is 5.03. The maximum atomic E-state index is 5.03. The smallest absolute Gasteiger partial charge is 0.0587 e. The second-order valence-electron chi connectivity index (χ2n) is 5.57. The van der Waals surface area contributed by atoms with Gasteiger partial charge in [0.25, 0.3) is 0 Å². The Morgan fingerprint density at radius 1 is 1.45 bits per heavy atom. The monoisotopic (exact) mass is 274 g/mol. The van der Waals surface area contributed by atoms with Crippen molar-refractivity contribution >= 4 is 11.8 Å². The molecule has 3 nitrogen and oxygen atoms in total. The highest BCUT2D eigenvalue weighted by Gasteiger charge is 2.12. The van der Waals surface area contributed by atoms with Crippen LogP contribution in [0.2, 0.25) is 0 Å². The molecule has 3 heteroatoms. The van der Waals surface area contributed by atoms with Gasteiger partial charge in [-0.1, -0.05) is 17.7 Å². The van der Waals surface area contributed by atoms with Gasteiger partial charge in [0.1, 0.15) is 0 Å². The van der Waals surface area contributed by atoms with Crippen molar-refractivity contribution in [3.8, 4) is 0 Å². The number of nitrogens with one attached hydrogen (secondary N) is 1. The van der Waals surface area contributed by atoms with Crippen LogP contribution in [0.3, 0.4) is 0 Å². The molecule has 0 atom stereocenters. The Morgan fingerprint density at radius 3 is 3.10 bits per heavy atom. The molecule has 0 saturated carbocycles. The van der Waals surface area contributed by atoms with Crippen LogP contribution in [0.4, 0.5) is 5.69 Å². The zero-order valence-electron chi connectivity index (χ0n) is 12.9. The summed E-state index contributed by atoms with van der Waals surface area (Å²) in [6.07, 6.45) is 4.73. The van der Waals surface area contributed by atoms with Crippen molar-refractivity contribution in [1.82, 2.24) is 5.32 Å². The van der Waals surface area contributed by atoms with E-state index in [1.807, 2.05) is 0 Å². The highest BCUT2D eigenvalue weighted by molar-refractivity contribution is 5.62. The van der Waals surface area contributed by atoms with E-state index in [0.29, 0.717) is 0 Å². The Labute approximate surface area is 122 Å². The largest absolute Gasteiger partial charge is 0.383 e. The minimum absolute atomic E-state index is 0.762. The maximum Gasteiger partial charge on any atom is 0.0587 e. The third-order valence-corrected chi connectivity index (χ3v) is 3.75. The summed E-state index contributed by atoms with van der Waals surface area (Å²) >= 11 is 0. The molecule has 0 radical (unpaired) electrons. The first-order chi connectivity index (χ1) is 9.70. The number of aryl methyl sites for hydroxylation is 1. The molecule has 0 aromatic heterocycles. The van der Waals surface area contributed by atoms with E-state index in [1.165, 1.54) is 41.8 Å². The van der Waals surface area contributed by atoms with Gasteiger partial charge in [-0.15, -0.1) is 0 Å². The van der Waals surface area contributed by atoms with Gasteiger partial charge in [0.2, 0.25) is 0 Å². The second-order valence-corrected chi connectivity index (χ2v) is 5.57. The van der Waals surface area contributed by atoms with Gasteiger partial charge in [0.15, 0.2) is 0 Å². The highest BCUT2D eigenvalue weighted by atomic mass is 16.5. The zero-order chi connectivity index (χ0) is 14.4. The van der Waals surface area contributed by atoms with Gasteiger partial charge in [0, 0.05) is 39.5 Å². The zero-order valence-corrected chi connectivity index (χ0v) is 12.9. The lowest BCUT2D eigenvalue weighted by molar-refractivity contribution is 0.200. The second kappa shape index (κ2) is 7.46. The number of benzene rings is 1. The fourth-order valence-electron chi connectivity index (χ4n) is 2.69. The predicted octanol–water partition coefficient (Wildman–Crippen LogP) is 2.71. The van der Waals surface area contributed by atoms with E-state index in [4.69, 9.17) is 4.74 Å². The molecule has 2 rings (SSSR count). The van der Waals surface area contributed by atoms with Crippen molar-refractivity contribution in [1.29, 1.82) is 0 Å². The molecular formula is C17H26N2O. The number of fused-ring (bicyclic) bond motifs is 1. The van der Waals surface area contributed by atoms with Crippen molar-refractivity contribution in [3.63, 3.8) is 0 Å². The van der Waals surface area contributed by atoms with Crippen LogP contribution in [0.15, 0.2) is 23.8 Å². The number of rotatable bonds is 6. The molecule has 0 unspecified atom stereocenters. The maximum absolute atomic E-state index is 5.03. The number of nitrogens with zero attached hydrogens (tertiary/aromatic N) is 1. The minimum Gasteiger partial charge on any atom is -0.383 e. The molecular weight excluding hydrogens is 248 g/mol. The molecule has 110 valence electrons. The lowest BCUT2D eigenvalue weighted by atomic mass is 9.99. The van der Waals surface area contributed by atoms with Crippen LogP contribution < -0.4 is 10.2 Å². The molecule has 0 fully saturated rings. The Balaban J connectivity index is 1.98. The molecule has 20 heavy (non-hydrogen) atoms.